The Morgan fingerprint density at radius 2 is 1.75 bits per heavy atom. The molecular weight excluding hydrogens is 180 g/mol. The van der Waals surface area contributed by atoms with Gasteiger partial charge in [-0.15, -0.1) is 0 Å². The number of carbonyl (C=O) groups is 1. The molecule has 0 atom stereocenters. The van der Waals surface area contributed by atoms with Crippen LogP contribution in [0.15, 0.2) is 0 Å². The molecule has 0 saturated heterocycles. The fraction of sp³-hybridized carbons (Fsp3) is 0.833. The van der Waals surface area contributed by atoms with E-state index in [2.05, 4.69) is 4.43 Å². The summed E-state index contributed by atoms with van der Waals surface area (Å²) in [6.45, 7) is 5.04. The lowest BCUT2D eigenvalue weighted by Gasteiger charge is -2.19. The van der Waals surface area contributed by atoms with Crippen molar-refractivity contribution in [3.8, 4) is 0 Å². The van der Waals surface area contributed by atoms with Gasteiger partial charge in [0, 0.05) is 20.1 Å². The number of hydrogen-bond donors (Lipinski definition) is 1. The van der Waals surface area contributed by atoms with E-state index in [1.165, 1.54) is 6.92 Å². The normalized spacial score (nSPS) is 11.3. The van der Waals surface area contributed by atoms with Crippen LogP contribution in [0.3, 0.4) is 0 Å². The van der Waals surface area contributed by atoms with Crippen LogP contribution in [0, 0.1) is 0 Å². The zero-order valence-electron chi connectivity index (χ0n) is 7.49. The molecule has 0 aromatic heterocycles. The minimum Gasteiger partial charge on any atom is -0.452 e. The maximum atomic E-state index is 10.5. The minimum absolute atomic E-state index is 0.246. The van der Waals surface area contributed by atoms with Crippen LogP contribution < -0.4 is 0 Å². The molecule has 0 aliphatic rings. The smallest absolute Gasteiger partial charge is 0.452 e. The first-order valence-corrected chi connectivity index (χ1v) is 5.41. The lowest BCUT2D eigenvalue weighted by Crippen LogP contribution is -2.47. The van der Waals surface area contributed by atoms with Crippen molar-refractivity contribution in [1.29, 1.82) is 0 Å². The van der Waals surface area contributed by atoms with Gasteiger partial charge < -0.3 is 18.1 Å². The molecule has 0 aliphatic heterocycles. The van der Waals surface area contributed by atoms with Gasteiger partial charge in [0.1, 0.15) is 0 Å². The summed E-state index contributed by atoms with van der Waals surface area (Å²) in [7, 11) is -3.66. The van der Waals surface area contributed by atoms with E-state index < -0.39 is 15.0 Å². The van der Waals surface area contributed by atoms with Crippen LogP contribution in [0.1, 0.15) is 20.8 Å². The zero-order chi connectivity index (χ0) is 9.61. The van der Waals surface area contributed by atoms with E-state index in [-0.39, 0.29) is 13.2 Å². The van der Waals surface area contributed by atoms with Gasteiger partial charge in [0.15, 0.2) is 0 Å². The van der Waals surface area contributed by atoms with E-state index >= 15 is 0 Å². The maximum absolute atomic E-state index is 10.5. The first kappa shape index (κ1) is 11.6. The van der Waals surface area contributed by atoms with E-state index in [4.69, 9.17) is 8.85 Å². The van der Waals surface area contributed by atoms with Crippen LogP contribution >= 0.6 is 0 Å². The Morgan fingerprint density at radius 3 is 2.00 bits per heavy atom. The summed E-state index contributed by atoms with van der Waals surface area (Å²) in [5, 5.41) is 0. The molecule has 0 amide bonds. The molecule has 12 heavy (non-hydrogen) atoms. The van der Waals surface area contributed by atoms with Crippen LogP contribution in [0.25, 0.3) is 0 Å². The lowest BCUT2D eigenvalue weighted by molar-refractivity contribution is -0.140. The summed E-state index contributed by atoms with van der Waals surface area (Å²) in [5.41, 5.74) is 0. The maximum Gasteiger partial charge on any atom is 0.748 e. The second-order valence-corrected chi connectivity index (χ2v) is 3.81. The largest absolute Gasteiger partial charge is 0.748 e. The molecule has 0 aromatic rings. The van der Waals surface area contributed by atoms with Crippen molar-refractivity contribution in [1.82, 2.24) is 0 Å². The Balaban J connectivity index is 4.07. The third-order valence-electron chi connectivity index (χ3n) is 0.926. The first-order valence-electron chi connectivity index (χ1n) is 3.74. The van der Waals surface area contributed by atoms with Crippen molar-refractivity contribution in [2.45, 2.75) is 20.8 Å². The predicted octanol–water partition coefficient (Wildman–Crippen LogP) is 0.0504. The van der Waals surface area contributed by atoms with Gasteiger partial charge in [-0.1, -0.05) is 0 Å². The first-order chi connectivity index (χ1) is 5.54. The summed E-state index contributed by atoms with van der Waals surface area (Å²) < 4.78 is 14.1. The van der Waals surface area contributed by atoms with Crippen LogP contribution in [0.2, 0.25) is 0 Å². The van der Waals surface area contributed by atoms with Gasteiger partial charge in [-0.2, -0.15) is 0 Å². The summed E-state index contributed by atoms with van der Waals surface area (Å²) in [6, 6.07) is 0. The monoisotopic (exact) mass is 194 g/mol. The molecular formula is C6H14O5Si. The second kappa shape index (κ2) is 5.25. The van der Waals surface area contributed by atoms with Gasteiger partial charge in [0.2, 0.25) is 0 Å². The highest BCUT2D eigenvalue weighted by atomic mass is 28.4. The Kier molecular flexibility index (Phi) is 5.06. The summed E-state index contributed by atoms with van der Waals surface area (Å²) in [4.78, 5) is 19.9. The fourth-order valence-electron chi connectivity index (χ4n) is 0.647. The molecule has 0 aliphatic carbocycles. The third kappa shape index (κ3) is 4.45. The average molecular weight is 194 g/mol. The molecule has 0 saturated carbocycles. The molecule has 0 fully saturated rings. The molecule has 0 unspecified atom stereocenters. The highest BCUT2D eigenvalue weighted by Gasteiger charge is 2.44. The van der Waals surface area contributed by atoms with E-state index in [0.29, 0.717) is 0 Å². The Hall–Kier alpha value is -0.433. The molecule has 0 rings (SSSR count). The standard InChI is InChI=1S/C6H14O5Si/c1-4-9-12(8,10-5-2)11-6(3)7/h8H,4-5H2,1-3H3. The Morgan fingerprint density at radius 1 is 1.33 bits per heavy atom. The van der Waals surface area contributed by atoms with Crippen molar-refractivity contribution >= 4 is 15.0 Å². The number of hydrogen-bond acceptors (Lipinski definition) is 5. The van der Waals surface area contributed by atoms with Gasteiger partial charge in [0.05, 0.1) is 0 Å². The van der Waals surface area contributed by atoms with Crippen LogP contribution in [0.4, 0.5) is 0 Å². The lowest BCUT2D eigenvalue weighted by atomic mass is 10.9. The predicted molar refractivity (Wildman–Crippen MR) is 43.0 cm³/mol. The molecule has 72 valence electrons. The SMILES string of the molecule is CCO[Si](O)(OCC)OC(C)=O. The number of carbonyl (C=O) groups excluding carboxylic acids is 1. The quantitative estimate of drug-likeness (QED) is 0.626. The average Bonchev–Trinajstić information content (AvgIpc) is 1.85. The fourth-order valence-corrected chi connectivity index (χ4v) is 1.94. The van der Waals surface area contributed by atoms with Crippen molar-refractivity contribution in [2.24, 2.45) is 0 Å². The van der Waals surface area contributed by atoms with Gasteiger partial charge in [-0.25, -0.2) is 0 Å². The second-order valence-electron chi connectivity index (χ2n) is 1.98. The van der Waals surface area contributed by atoms with Crippen molar-refractivity contribution < 1.29 is 22.9 Å². The van der Waals surface area contributed by atoms with Gasteiger partial charge in [-0.3, -0.25) is 4.79 Å². The van der Waals surface area contributed by atoms with E-state index in [1.807, 2.05) is 0 Å². The molecule has 0 heterocycles. The molecule has 1 N–H and O–H groups in total. The Bertz CT molecular complexity index is 143. The number of rotatable bonds is 5. The highest BCUT2D eigenvalue weighted by Crippen LogP contribution is 2.05. The van der Waals surface area contributed by atoms with Crippen LogP contribution in [-0.4, -0.2) is 33.0 Å². The molecule has 0 aromatic carbocycles. The molecule has 6 heteroatoms. The Labute approximate surface area is 72.7 Å². The van der Waals surface area contributed by atoms with Crippen molar-refractivity contribution in [2.75, 3.05) is 13.2 Å². The topological polar surface area (TPSA) is 65.0 Å². The minimum atomic E-state index is -3.66. The van der Waals surface area contributed by atoms with Crippen LogP contribution in [-0.2, 0) is 18.1 Å². The molecule has 5 nitrogen and oxygen atoms in total. The summed E-state index contributed by atoms with van der Waals surface area (Å²) >= 11 is 0. The van der Waals surface area contributed by atoms with Gasteiger partial charge in [-0.05, 0) is 13.8 Å². The van der Waals surface area contributed by atoms with E-state index in [0.717, 1.165) is 0 Å². The third-order valence-corrected chi connectivity index (χ3v) is 2.78. The summed E-state index contributed by atoms with van der Waals surface area (Å²) in [5.74, 6) is -0.605. The molecule has 0 radical (unpaired) electrons. The molecule has 0 bridgehead atoms. The summed E-state index contributed by atoms with van der Waals surface area (Å²) in [6.07, 6.45) is 0. The van der Waals surface area contributed by atoms with E-state index in [1.54, 1.807) is 13.8 Å². The zero-order valence-corrected chi connectivity index (χ0v) is 8.49. The van der Waals surface area contributed by atoms with Gasteiger partial charge >= 0.3 is 9.05 Å². The van der Waals surface area contributed by atoms with Crippen molar-refractivity contribution in [3.05, 3.63) is 0 Å². The van der Waals surface area contributed by atoms with Crippen molar-refractivity contribution in [3.63, 3.8) is 0 Å². The van der Waals surface area contributed by atoms with Gasteiger partial charge in [0.25, 0.3) is 5.97 Å². The molecule has 0 spiro atoms. The van der Waals surface area contributed by atoms with Crippen LogP contribution in [0.5, 0.6) is 0 Å². The van der Waals surface area contributed by atoms with E-state index in [9.17, 15) is 9.59 Å². The highest BCUT2D eigenvalue weighted by molar-refractivity contribution is 6.53.